The van der Waals surface area contributed by atoms with Crippen LogP contribution in [0.2, 0.25) is 0 Å². The minimum atomic E-state index is -3.07. The minimum absolute atomic E-state index is 0.0259. The first kappa shape index (κ1) is 95.7. The monoisotopic (exact) mass is 1400 g/mol. The highest BCUT2D eigenvalue weighted by Crippen LogP contribution is 2.33. The molecule has 0 spiro atoms. The molecule has 98 heavy (non-hydrogen) atoms. The first-order chi connectivity index (χ1) is 43.9. The molecule has 3 aliphatic carbocycles. The number of carbonyl (C=O) groups is 7. The van der Waals surface area contributed by atoms with Crippen LogP contribution in [-0.2, 0) is 48.9 Å². The average Bonchev–Trinajstić information content (AvgIpc) is 1.17. The standard InChI is InChI=1S/C11H18FNO.C10H16FNO.C10H16O.C9H16FNO.C9H15NO.C8H13NO.C7H11FN2.C7H12O.C6H12O2S/c1-11(2,3)13-10(14)8-6-4-5-7-9(8)12;1-10(2,3)12-9(13)7-5-4-6-8(7)11;1-10(2,3)8-6-4-5-7-9(8)11;1-6(7(2)10)8(12)11-9(3,4)5;1-9(2,3)10-7-5-4-6-8(10)11;1-8(2,3)9-6-4-5-7(9)10;1-7(2,3)10-5-4-6(8)9-10;1-5-6(8)7(2,3)4;1-5-9(7,8)6(2,3)4/h4-7H2,1-3H3,(H,13,14);4-6H2,1-3H3,(H,12,13);5,7-8H,4,6H2,1-3H3;1-5H3,(H,11,12);4,6H,5,7H2,1-3H3;4-5H,6H2,1-3H3;4-5H,1-3H3;5H,1H2,2-4H3;5H,1H2,2-4H3/b;;;7-6-;;;;;. The van der Waals surface area contributed by atoms with Crippen LogP contribution in [0.25, 0.3) is 0 Å². The van der Waals surface area contributed by atoms with Crippen molar-refractivity contribution < 1.29 is 59.5 Å². The Morgan fingerprint density at radius 3 is 1.23 bits per heavy atom. The van der Waals surface area contributed by atoms with Crippen LogP contribution in [-0.4, -0.2) is 115 Å². The van der Waals surface area contributed by atoms with Crippen LogP contribution in [0.4, 0.5) is 17.6 Å². The minimum Gasteiger partial charge on any atom is -0.348 e. The molecular formula is C77H129F4N7O9S. The van der Waals surface area contributed by atoms with E-state index in [4.69, 9.17) is 0 Å². The van der Waals surface area contributed by atoms with Crippen molar-refractivity contribution in [2.75, 3.05) is 13.1 Å². The summed E-state index contributed by atoms with van der Waals surface area (Å²) in [6, 6.07) is 1.35. The number of sulfone groups is 1. The number of nitrogens with one attached hydrogen (secondary N) is 3. The third-order valence-electron chi connectivity index (χ3n) is 14.4. The Morgan fingerprint density at radius 2 is 0.990 bits per heavy atom. The quantitative estimate of drug-likeness (QED) is 0.187. The molecule has 0 saturated carbocycles. The van der Waals surface area contributed by atoms with Crippen molar-refractivity contribution in [2.45, 2.75) is 303 Å². The molecular weight excluding hydrogens is 1270 g/mol. The van der Waals surface area contributed by atoms with Gasteiger partial charge in [-0.1, -0.05) is 72.9 Å². The van der Waals surface area contributed by atoms with Crippen LogP contribution in [0.1, 0.15) is 265 Å². The number of hydrogen-bond donors (Lipinski definition) is 3. The van der Waals surface area contributed by atoms with Gasteiger partial charge in [-0.3, -0.25) is 38.2 Å². The van der Waals surface area contributed by atoms with E-state index in [9.17, 15) is 59.5 Å². The first-order valence-corrected chi connectivity index (χ1v) is 35.4. The Bertz CT molecular complexity index is 3070. The summed E-state index contributed by atoms with van der Waals surface area (Å²) in [4.78, 5) is 82.4. The molecule has 0 saturated heterocycles. The maximum Gasteiger partial charge on any atom is 0.250 e. The highest BCUT2D eigenvalue weighted by atomic mass is 32.2. The van der Waals surface area contributed by atoms with Crippen LogP contribution in [0.15, 0.2) is 108 Å². The number of allylic oxidation sites excluding steroid dienone is 6. The van der Waals surface area contributed by atoms with Gasteiger partial charge in [0.1, 0.15) is 17.5 Å². The number of halogens is 4. The zero-order chi connectivity index (χ0) is 77.8. The van der Waals surface area contributed by atoms with E-state index < -0.39 is 26.4 Å². The third-order valence-corrected chi connectivity index (χ3v) is 16.6. The maximum atomic E-state index is 13.3. The van der Waals surface area contributed by atoms with E-state index in [1.165, 1.54) is 26.0 Å². The average molecular weight is 1400 g/mol. The molecule has 5 aliphatic rings. The van der Waals surface area contributed by atoms with E-state index in [0.29, 0.717) is 42.6 Å². The van der Waals surface area contributed by atoms with Crippen molar-refractivity contribution in [2.24, 2.45) is 16.7 Å². The number of rotatable bonds is 5. The van der Waals surface area contributed by atoms with Gasteiger partial charge in [-0.2, -0.15) is 4.39 Å². The van der Waals surface area contributed by atoms with Gasteiger partial charge in [0.25, 0.3) is 0 Å². The summed E-state index contributed by atoms with van der Waals surface area (Å²) >= 11 is 0. The van der Waals surface area contributed by atoms with Gasteiger partial charge in [-0.15, -0.1) is 5.10 Å². The Kier molecular flexibility index (Phi) is 39.7. The van der Waals surface area contributed by atoms with E-state index in [1.54, 1.807) is 49.9 Å². The number of hydrogen-bond acceptors (Lipinski definition) is 10. The summed E-state index contributed by atoms with van der Waals surface area (Å²) in [6.45, 7) is 63.0. The molecule has 21 heteroatoms. The lowest BCUT2D eigenvalue weighted by Gasteiger charge is -2.36. The summed E-state index contributed by atoms with van der Waals surface area (Å²) in [5.74, 6) is -1.23. The molecule has 560 valence electrons. The van der Waals surface area contributed by atoms with Gasteiger partial charge in [0.05, 0.1) is 10.3 Å². The Balaban J connectivity index is -0.00000104. The topological polar surface area (TPSA) is 214 Å². The molecule has 0 aromatic carbocycles. The molecule has 3 heterocycles. The molecule has 1 aromatic rings. The molecule has 16 nitrogen and oxygen atoms in total. The molecule has 0 bridgehead atoms. The number of amides is 5. The van der Waals surface area contributed by atoms with Crippen molar-refractivity contribution in [3.8, 4) is 0 Å². The fourth-order valence-corrected chi connectivity index (χ4v) is 9.08. The number of ketones is 2. The zero-order valence-electron chi connectivity index (χ0n) is 65.6. The van der Waals surface area contributed by atoms with Crippen molar-refractivity contribution in [1.29, 1.82) is 0 Å². The van der Waals surface area contributed by atoms with E-state index in [-0.39, 0.29) is 103 Å². The Morgan fingerprint density at radius 1 is 0.571 bits per heavy atom. The predicted octanol–water partition coefficient (Wildman–Crippen LogP) is 17.4. The van der Waals surface area contributed by atoms with Gasteiger partial charge in [-0.25, -0.2) is 21.6 Å². The van der Waals surface area contributed by atoms with Crippen LogP contribution < -0.4 is 16.0 Å². The molecule has 3 N–H and O–H groups in total. The molecule has 1 atom stereocenters. The van der Waals surface area contributed by atoms with Crippen molar-refractivity contribution in [3.05, 3.63) is 114 Å². The smallest absolute Gasteiger partial charge is 0.250 e. The van der Waals surface area contributed by atoms with Crippen LogP contribution in [0.5, 0.6) is 0 Å². The summed E-state index contributed by atoms with van der Waals surface area (Å²) in [5.41, 5.74) is -0.329. The third kappa shape index (κ3) is 41.2. The molecule has 1 unspecified atom stereocenters. The SMILES string of the molecule is C/C(F)=C(\C)C(=O)NC(C)(C)C.C=CC(=O)C(C)(C)C.C=CS(=O)(=O)C(C)(C)C.CC(C)(C)C1CCC=CC1=O.CC(C)(C)N1CC=CC1=O.CC(C)(C)N1CCC=CC1=O.CC(C)(C)NC(=O)C1=C(F)CCC1.CC(C)(C)NC(=O)C1=C(F)CCCC1.CC(C)(C)n1ccc(F)n1. The Hall–Kier alpha value is -6.51. The second-order valence-electron chi connectivity index (χ2n) is 33.7. The molecule has 1 aromatic heterocycles. The lowest BCUT2D eigenvalue weighted by atomic mass is 9.74. The number of nitrogens with zero attached hydrogens (tertiary/aromatic N) is 4. The van der Waals surface area contributed by atoms with Gasteiger partial charge < -0.3 is 25.8 Å². The van der Waals surface area contributed by atoms with Gasteiger partial charge >= 0.3 is 0 Å². The van der Waals surface area contributed by atoms with Gasteiger partial charge in [0.15, 0.2) is 21.4 Å². The van der Waals surface area contributed by atoms with Crippen LogP contribution in [0.3, 0.4) is 0 Å². The number of carbonyl (C=O) groups excluding carboxylic acids is 7. The molecule has 6 rings (SSSR count). The molecule has 0 fully saturated rings. The number of aromatic nitrogens is 2. The van der Waals surface area contributed by atoms with Crippen molar-refractivity contribution >= 4 is 50.9 Å². The lowest BCUT2D eigenvalue weighted by Crippen LogP contribution is -2.46. The summed E-state index contributed by atoms with van der Waals surface area (Å²) < 4.78 is 73.9. The molecule has 5 amide bonds. The highest BCUT2D eigenvalue weighted by molar-refractivity contribution is 7.95. The zero-order valence-corrected chi connectivity index (χ0v) is 66.5. The summed E-state index contributed by atoms with van der Waals surface area (Å²) in [6.07, 6.45) is 21.4. The largest absolute Gasteiger partial charge is 0.348 e. The molecule has 0 radical (unpaired) electrons. The van der Waals surface area contributed by atoms with Gasteiger partial charge in [0, 0.05) is 92.6 Å². The fraction of sp³-hybridized carbons (Fsp3) is 0.662. The summed E-state index contributed by atoms with van der Waals surface area (Å²) in [5, 5.41) is 12.8. The maximum absolute atomic E-state index is 13.3. The Labute approximate surface area is 589 Å². The first-order valence-electron chi connectivity index (χ1n) is 33.9. The highest BCUT2D eigenvalue weighted by Gasteiger charge is 2.32. The van der Waals surface area contributed by atoms with E-state index in [0.717, 1.165) is 57.0 Å². The van der Waals surface area contributed by atoms with E-state index in [2.05, 4.69) is 75.7 Å². The normalized spacial score (nSPS) is 16.9. The molecule has 2 aliphatic heterocycles. The van der Waals surface area contributed by atoms with Crippen LogP contribution in [0, 0.1) is 22.7 Å². The van der Waals surface area contributed by atoms with Gasteiger partial charge in [-0.05, 0) is 247 Å². The van der Waals surface area contributed by atoms with Crippen molar-refractivity contribution in [1.82, 2.24) is 35.5 Å². The van der Waals surface area contributed by atoms with Gasteiger partial charge in [0.2, 0.25) is 35.5 Å². The fourth-order valence-electron chi connectivity index (χ4n) is 8.58. The van der Waals surface area contributed by atoms with E-state index >= 15 is 0 Å². The van der Waals surface area contributed by atoms with E-state index in [1.807, 2.05) is 153 Å². The second-order valence-corrected chi connectivity index (χ2v) is 36.3. The second kappa shape index (κ2) is 40.7. The lowest BCUT2D eigenvalue weighted by molar-refractivity contribution is -0.131. The van der Waals surface area contributed by atoms with Crippen LogP contribution >= 0.6 is 0 Å². The predicted molar refractivity (Wildman–Crippen MR) is 395 cm³/mol. The van der Waals surface area contributed by atoms with Crippen molar-refractivity contribution in [3.63, 3.8) is 0 Å². The summed E-state index contributed by atoms with van der Waals surface area (Å²) in [7, 11) is -3.07.